The van der Waals surface area contributed by atoms with E-state index in [-0.39, 0.29) is 0 Å². The van der Waals surface area contributed by atoms with Crippen LogP contribution in [0.5, 0.6) is 0 Å². The Balaban J connectivity index is 0.960. The third kappa shape index (κ3) is 6.04. The SMILES string of the molecule is N=C(C1=CC=C(c2cccc3ccccc23)CC1)c1ccccc1Nn1c2cc(-c3ccc4c(c3)N(c3ccccc3)c3ccccc3S4)ccc2c2c3ccccc3ccc21. The Labute approximate surface area is 364 Å². The van der Waals surface area contributed by atoms with E-state index < -0.39 is 0 Å². The Kier molecular flexibility index (Phi) is 8.68. The minimum atomic E-state index is 0.546. The van der Waals surface area contributed by atoms with E-state index in [0.29, 0.717) is 5.71 Å². The average molecular weight is 813 g/mol. The highest BCUT2D eigenvalue weighted by molar-refractivity contribution is 7.99. The highest BCUT2D eigenvalue weighted by Gasteiger charge is 2.26. The minimum Gasteiger partial charge on any atom is -0.308 e. The molecule has 0 radical (unpaired) electrons. The highest BCUT2D eigenvalue weighted by atomic mass is 32.2. The second-order valence-electron chi connectivity index (χ2n) is 16.1. The average Bonchev–Trinajstić information content (AvgIpc) is 3.65. The molecule has 0 saturated heterocycles. The number of anilines is 4. The molecular formula is C57H40N4S. The summed E-state index contributed by atoms with van der Waals surface area (Å²) in [6.45, 7) is 0. The molecule has 2 aliphatic rings. The summed E-state index contributed by atoms with van der Waals surface area (Å²) in [6, 6.07) is 69.6. The number of aromatic nitrogens is 1. The lowest BCUT2D eigenvalue weighted by Gasteiger charge is -2.33. The normalized spacial score (nSPS) is 13.5. The molecule has 10 aromatic rings. The number of nitrogens with one attached hydrogen (secondary N) is 2. The van der Waals surface area contributed by atoms with Crippen molar-refractivity contribution in [2.75, 3.05) is 10.3 Å². The van der Waals surface area contributed by atoms with Gasteiger partial charge in [-0.15, -0.1) is 0 Å². The van der Waals surface area contributed by atoms with Gasteiger partial charge in [-0.05, 0) is 117 Å². The van der Waals surface area contributed by atoms with Gasteiger partial charge >= 0.3 is 0 Å². The van der Waals surface area contributed by atoms with Gasteiger partial charge in [0.2, 0.25) is 0 Å². The van der Waals surface area contributed by atoms with Crippen molar-refractivity contribution in [3.05, 3.63) is 223 Å². The minimum absolute atomic E-state index is 0.546. The lowest BCUT2D eigenvalue weighted by atomic mass is 9.87. The number of fused-ring (bicyclic) bond motifs is 8. The lowest BCUT2D eigenvalue weighted by molar-refractivity contribution is 1.02. The molecule has 0 unspecified atom stereocenters. The van der Waals surface area contributed by atoms with Crippen LogP contribution in [0, 0.1) is 5.41 Å². The standard InChI is InChI=1S/C57H40N4S/c58-57(40-27-25-39(26-28-40)45-21-12-15-37-13-4-6-18-44(37)45)47-20-8-9-22-49(47)59-61-51-33-30-38-14-5-7-19-46(38)56(51)48-32-29-41(35-52(48)61)42-31-34-55-53(36-42)60(43-16-2-1-3-17-43)50-23-10-11-24-54(50)62-55/h1-25,27,29-36,58-59H,26,28H2. The van der Waals surface area contributed by atoms with Crippen LogP contribution in [0.2, 0.25) is 0 Å². The van der Waals surface area contributed by atoms with E-state index in [4.69, 9.17) is 0 Å². The maximum Gasteiger partial charge on any atom is 0.0716 e. The van der Waals surface area contributed by atoms with Gasteiger partial charge in [0, 0.05) is 31.8 Å². The van der Waals surface area contributed by atoms with Crippen LogP contribution in [0.1, 0.15) is 24.0 Å². The van der Waals surface area contributed by atoms with Gasteiger partial charge < -0.3 is 4.90 Å². The summed E-state index contributed by atoms with van der Waals surface area (Å²) in [4.78, 5) is 4.87. The molecule has 0 fully saturated rings. The largest absolute Gasteiger partial charge is 0.308 e. The molecule has 0 amide bonds. The van der Waals surface area contributed by atoms with E-state index in [2.05, 4.69) is 215 Å². The summed E-state index contributed by atoms with van der Waals surface area (Å²) < 4.78 is 2.24. The van der Waals surface area contributed by atoms with Crippen LogP contribution >= 0.6 is 11.8 Å². The summed E-state index contributed by atoms with van der Waals surface area (Å²) >= 11 is 1.83. The Bertz CT molecular complexity index is 3500. The van der Waals surface area contributed by atoms with Gasteiger partial charge in [0.25, 0.3) is 0 Å². The van der Waals surface area contributed by atoms with Gasteiger partial charge in [-0.2, -0.15) is 0 Å². The molecule has 0 saturated carbocycles. The summed E-state index contributed by atoms with van der Waals surface area (Å²) in [6.07, 6.45) is 6.08. The summed E-state index contributed by atoms with van der Waals surface area (Å²) in [5, 5.41) is 17.0. The number of nitrogens with zero attached hydrogens (tertiary/aromatic N) is 2. The quantitative estimate of drug-likeness (QED) is 0.158. The fourth-order valence-electron chi connectivity index (χ4n) is 9.54. The number of para-hydroxylation sites is 3. The summed E-state index contributed by atoms with van der Waals surface area (Å²) in [7, 11) is 0. The van der Waals surface area contributed by atoms with Crippen LogP contribution < -0.4 is 10.3 Å². The monoisotopic (exact) mass is 812 g/mol. The van der Waals surface area contributed by atoms with Crippen molar-refractivity contribution in [2.45, 2.75) is 22.6 Å². The van der Waals surface area contributed by atoms with E-state index in [1.54, 1.807) is 0 Å². The fraction of sp³-hybridized carbons (Fsp3) is 0.0351. The van der Waals surface area contributed by atoms with Crippen molar-refractivity contribution in [3.8, 4) is 11.1 Å². The van der Waals surface area contributed by atoms with E-state index in [0.717, 1.165) is 57.5 Å². The van der Waals surface area contributed by atoms with Crippen LogP contribution in [0.25, 0.3) is 60.1 Å². The molecule has 12 rings (SSSR count). The molecule has 294 valence electrons. The Morgan fingerprint density at radius 3 is 2.10 bits per heavy atom. The van der Waals surface area contributed by atoms with Crippen molar-refractivity contribution < 1.29 is 0 Å². The highest BCUT2D eigenvalue weighted by Crippen LogP contribution is 2.52. The molecule has 5 heteroatoms. The second kappa shape index (κ2) is 14.8. The first-order valence-corrected chi connectivity index (χ1v) is 22.0. The first kappa shape index (κ1) is 36.3. The van der Waals surface area contributed by atoms with Crippen molar-refractivity contribution in [3.63, 3.8) is 0 Å². The van der Waals surface area contributed by atoms with Gasteiger partial charge in [-0.25, -0.2) is 0 Å². The predicted octanol–water partition coefficient (Wildman–Crippen LogP) is 15.7. The lowest BCUT2D eigenvalue weighted by Crippen LogP contribution is -2.14. The molecule has 2 heterocycles. The smallest absolute Gasteiger partial charge is 0.0716 e. The zero-order chi connectivity index (χ0) is 41.1. The number of benzene rings is 9. The molecule has 62 heavy (non-hydrogen) atoms. The fourth-order valence-corrected chi connectivity index (χ4v) is 10.6. The number of hydrogen-bond donors (Lipinski definition) is 2. The molecule has 1 aliphatic carbocycles. The van der Waals surface area contributed by atoms with Crippen molar-refractivity contribution in [1.29, 1.82) is 5.41 Å². The van der Waals surface area contributed by atoms with Gasteiger partial charge in [0.05, 0.1) is 33.8 Å². The van der Waals surface area contributed by atoms with Crippen LogP contribution in [0.4, 0.5) is 22.7 Å². The summed E-state index contributed by atoms with van der Waals surface area (Å²) in [5.41, 5.74) is 17.8. The van der Waals surface area contributed by atoms with Gasteiger partial charge in [-0.3, -0.25) is 15.5 Å². The molecule has 1 aromatic heterocycles. The van der Waals surface area contributed by atoms with Gasteiger partial charge in [0.15, 0.2) is 0 Å². The Morgan fingerprint density at radius 2 is 1.23 bits per heavy atom. The number of allylic oxidation sites excluding steroid dienone is 4. The molecule has 2 N–H and O–H groups in total. The van der Waals surface area contributed by atoms with Crippen molar-refractivity contribution >= 4 is 89.1 Å². The van der Waals surface area contributed by atoms with E-state index in [1.807, 2.05) is 17.8 Å². The molecular weight excluding hydrogens is 773 g/mol. The van der Waals surface area contributed by atoms with E-state index in [9.17, 15) is 5.41 Å². The zero-order valence-corrected chi connectivity index (χ0v) is 34.7. The Hall–Kier alpha value is -7.60. The van der Waals surface area contributed by atoms with Crippen LogP contribution in [-0.4, -0.2) is 10.4 Å². The topological polar surface area (TPSA) is 44.1 Å². The number of rotatable bonds is 7. The van der Waals surface area contributed by atoms with Crippen LogP contribution in [-0.2, 0) is 0 Å². The zero-order valence-electron chi connectivity index (χ0n) is 33.8. The molecule has 0 bridgehead atoms. The third-order valence-corrected chi connectivity index (χ3v) is 13.7. The maximum absolute atomic E-state index is 9.62. The third-order valence-electron chi connectivity index (χ3n) is 12.6. The molecule has 1 aliphatic heterocycles. The molecule has 0 spiro atoms. The Morgan fingerprint density at radius 1 is 0.516 bits per heavy atom. The van der Waals surface area contributed by atoms with Crippen LogP contribution in [0.3, 0.4) is 0 Å². The second-order valence-corrected chi connectivity index (χ2v) is 17.2. The summed E-state index contributed by atoms with van der Waals surface area (Å²) in [5.74, 6) is 0. The van der Waals surface area contributed by atoms with Gasteiger partial charge in [0.1, 0.15) is 0 Å². The van der Waals surface area contributed by atoms with Crippen molar-refractivity contribution in [1.82, 2.24) is 4.68 Å². The first-order valence-electron chi connectivity index (χ1n) is 21.2. The molecule has 4 nitrogen and oxygen atoms in total. The predicted molar refractivity (Wildman–Crippen MR) is 263 cm³/mol. The molecule has 9 aromatic carbocycles. The van der Waals surface area contributed by atoms with E-state index in [1.165, 1.54) is 64.6 Å². The van der Waals surface area contributed by atoms with Gasteiger partial charge in [-0.1, -0.05) is 163 Å². The maximum atomic E-state index is 9.62. The van der Waals surface area contributed by atoms with Crippen molar-refractivity contribution in [2.24, 2.45) is 0 Å². The first-order chi connectivity index (χ1) is 30.7. The molecule has 0 atom stereocenters. The number of hydrogen-bond acceptors (Lipinski definition) is 4. The van der Waals surface area contributed by atoms with Crippen LogP contribution in [0.15, 0.2) is 222 Å². The van der Waals surface area contributed by atoms with E-state index >= 15 is 0 Å².